The summed E-state index contributed by atoms with van der Waals surface area (Å²) in [6, 6.07) is 5.11. The summed E-state index contributed by atoms with van der Waals surface area (Å²) in [6.07, 6.45) is 3.36. The van der Waals surface area contributed by atoms with Crippen molar-refractivity contribution in [1.29, 1.82) is 0 Å². The van der Waals surface area contributed by atoms with Crippen LogP contribution in [0.2, 0.25) is 0 Å². The first-order chi connectivity index (χ1) is 10.0. The SMILES string of the molecule is Cc1ccc(S(=O)(=O)NCCCN2CCCC2)cc1CN. The molecule has 0 saturated carbocycles. The second-order valence-electron chi connectivity index (χ2n) is 5.59. The molecule has 21 heavy (non-hydrogen) atoms. The highest BCUT2D eigenvalue weighted by molar-refractivity contribution is 7.89. The molecule has 2 rings (SSSR count). The van der Waals surface area contributed by atoms with E-state index in [1.807, 2.05) is 6.92 Å². The van der Waals surface area contributed by atoms with Crippen molar-refractivity contribution in [2.45, 2.75) is 37.6 Å². The predicted octanol–water partition coefficient (Wildman–Crippen LogP) is 1.22. The van der Waals surface area contributed by atoms with Gasteiger partial charge in [0.05, 0.1) is 4.90 Å². The van der Waals surface area contributed by atoms with Crippen LogP contribution in [0.25, 0.3) is 0 Å². The molecule has 1 aliphatic heterocycles. The van der Waals surface area contributed by atoms with Crippen molar-refractivity contribution in [3.8, 4) is 0 Å². The third-order valence-corrected chi connectivity index (χ3v) is 5.45. The lowest BCUT2D eigenvalue weighted by molar-refractivity contribution is 0.334. The van der Waals surface area contributed by atoms with E-state index in [0.29, 0.717) is 18.0 Å². The molecule has 0 radical (unpaired) electrons. The molecule has 5 nitrogen and oxygen atoms in total. The first-order valence-electron chi connectivity index (χ1n) is 7.54. The van der Waals surface area contributed by atoms with Crippen LogP contribution < -0.4 is 10.5 Å². The van der Waals surface area contributed by atoms with Crippen molar-refractivity contribution in [3.63, 3.8) is 0 Å². The molecule has 118 valence electrons. The van der Waals surface area contributed by atoms with Gasteiger partial charge in [0.15, 0.2) is 0 Å². The van der Waals surface area contributed by atoms with Gasteiger partial charge in [-0.25, -0.2) is 13.1 Å². The largest absolute Gasteiger partial charge is 0.326 e. The highest BCUT2D eigenvalue weighted by Crippen LogP contribution is 2.15. The topological polar surface area (TPSA) is 75.4 Å². The molecule has 3 N–H and O–H groups in total. The molecule has 0 aliphatic carbocycles. The number of likely N-dealkylation sites (tertiary alicyclic amines) is 1. The lowest BCUT2D eigenvalue weighted by atomic mass is 10.1. The number of hydrogen-bond donors (Lipinski definition) is 2. The van der Waals surface area contributed by atoms with Crippen LogP contribution in [0.3, 0.4) is 0 Å². The maximum absolute atomic E-state index is 12.2. The molecule has 0 aromatic heterocycles. The molecule has 6 heteroatoms. The molecule has 1 aromatic rings. The number of aryl methyl sites for hydroxylation is 1. The summed E-state index contributed by atoms with van der Waals surface area (Å²) in [4.78, 5) is 2.68. The third-order valence-electron chi connectivity index (χ3n) is 3.99. The van der Waals surface area contributed by atoms with E-state index in [0.717, 1.165) is 37.2 Å². The lowest BCUT2D eigenvalue weighted by Gasteiger charge is -2.14. The average molecular weight is 311 g/mol. The third kappa shape index (κ3) is 4.51. The Bertz CT molecular complexity index is 566. The Morgan fingerprint density at radius 3 is 2.67 bits per heavy atom. The molecule has 1 aromatic carbocycles. The van der Waals surface area contributed by atoms with Crippen molar-refractivity contribution >= 4 is 10.0 Å². The molecule has 1 aliphatic rings. The second-order valence-corrected chi connectivity index (χ2v) is 7.36. The maximum atomic E-state index is 12.2. The fraction of sp³-hybridized carbons (Fsp3) is 0.600. The Morgan fingerprint density at radius 2 is 2.00 bits per heavy atom. The number of rotatable bonds is 7. The lowest BCUT2D eigenvalue weighted by Crippen LogP contribution is -2.28. The van der Waals surface area contributed by atoms with E-state index in [1.165, 1.54) is 12.8 Å². The zero-order valence-electron chi connectivity index (χ0n) is 12.6. The van der Waals surface area contributed by atoms with Gasteiger partial charge in [0, 0.05) is 13.1 Å². The van der Waals surface area contributed by atoms with Crippen LogP contribution in [0.5, 0.6) is 0 Å². The van der Waals surface area contributed by atoms with Crippen molar-refractivity contribution < 1.29 is 8.42 Å². The minimum Gasteiger partial charge on any atom is -0.326 e. The number of nitrogens with zero attached hydrogens (tertiary/aromatic N) is 1. The number of hydrogen-bond acceptors (Lipinski definition) is 4. The van der Waals surface area contributed by atoms with E-state index in [2.05, 4.69) is 9.62 Å². The molecule has 1 fully saturated rings. The molecule has 0 atom stereocenters. The summed E-state index contributed by atoms with van der Waals surface area (Å²) in [5, 5.41) is 0. The van der Waals surface area contributed by atoms with Crippen LogP contribution in [0.1, 0.15) is 30.4 Å². The molecular formula is C15H25N3O2S. The Morgan fingerprint density at radius 1 is 1.29 bits per heavy atom. The van der Waals surface area contributed by atoms with Crippen LogP contribution in [0.4, 0.5) is 0 Å². The highest BCUT2D eigenvalue weighted by Gasteiger charge is 2.15. The predicted molar refractivity (Wildman–Crippen MR) is 84.5 cm³/mol. The molecule has 0 bridgehead atoms. The summed E-state index contributed by atoms with van der Waals surface area (Å²) in [7, 11) is -3.43. The fourth-order valence-electron chi connectivity index (χ4n) is 2.63. The van der Waals surface area contributed by atoms with Gasteiger partial charge < -0.3 is 10.6 Å². The second kappa shape index (κ2) is 7.35. The number of sulfonamides is 1. The first kappa shape index (κ1) is 16.4. The molecule has 1 heterocycles. The molecule has 0 unspecified atom stereocenters. The minimum absolute atomic E-state index is 0.301. The minimum atomic E-state index is -3.43. The van der Waals surface area contributed by atoms with E-state index in [4.69, 9.17) is 5.73 Å². The standard InChI is InChI=1S/C15H25N3O2S/c1-13-5-6-15(11-14(13)12-16)21(19,20)17-7-4-10-18-8-2-3-9-18/h5-6,11,17H,2-4,7-10,12,16H2,1H3. The van der Waals surface area contributed by atoms with Crippen LogP contribution in [-0.2, 0) is 16.6 Å². The van der Waals surface area contributed by atoms with E-state index >= 15 is 0 Å². The van der Waals surface area contributed by atoms with E-state index in [-0.39, 0.29) is 0 Å². The van der Waals surface area contributed by atoms with Gasteiger partial charge in [-0.05, 0) is 69.1 Å². The number of benzene rings is 1. The monoisotopic (exact) mass is 311 g/mol. The quantitative estimate of drug-likeness (QED) is 0.742. The molecule has 0 amide bonds. The van der Waals surface area contributed by atoms with E-state index < -0.39 is 10.0 Å². The van der Waals surface area contributed by atoms with Crippen LogP contribution in [-0.4, -0.2) is 39.5 Å². The van der Waals surface area contributed by atoms with Crippen molar-refractivity contribution in [3.05, 3.63) is 29.3 Å². The fourth-order valence-corrected chi connectivity index (χ4v) is 3.76. The van der Waals surface area contributed by atoms with Crippen molar-refractivity contribution in [2.75, 3.05) is 26.2 Å². The zero-order chi connectivity index (χ0) is 15.3. The van der Waals surface area contributed by atoms with Gasteiger partial charge in [-0.3, -0.25) is 0 Å². The Hall–Kier alpha value is -0.950. The first-order valence-corrected chi connectivity index (χ1v) is 9.03. The van der Waals surface area contributed by atoms with Gasteiger partial charge in [0.1, 0.15) is 0 Å². The van der Waals surface area contributed by atoms with Gasteiger partial charge in [-0.15, -0.1) is 0 Å². The van der Waals surface area contributed by atoms with Gasteiger partial charge in [-0.2, -0.15) is 0 Å². The molecular weight excluding hydrogens is 286 g/mol. The van der Waals surface area contributed by atoms with E-state index in [1.54, 1.807) is 18.2 Å². The maximum Gasteiger partial charge on any atom is 0.240 e. The molecule has 0 spiro atoms. The summed E-state index contributed by atoms with van der Waals surface area (Å²) < 4.78 is 27.2. The number of nitrogens with one attached hydrogen (secondary N) is 1. The molecule has 1 saturated heterocycles. The van der Waals surface area contributed by atoms with Crippen LogP contribution in [0.15, 0.2) is 23.1 Å². The smallest absolute Gasteiger partial charge is 0.240 e. The van der Waals surface area contributed by atoms with Gasteiger partial charge in [0.2, 0.25) is 10.0 Å². The normalized spacial score (nSPS) is 16.5. The van der Waals surface area contributed by atoms with Gasteiger partial charge >= 0.3 is 0 Å². The Balaban J connectivity index is 1.88. The highest BCUT2D eigenvalue weighted by atomic mass is 32.2. The summed E-state index contributed by atoms with van der Waals surface area (Å²) in [5.41, 5.74) is 7.52. The van der Waals surface area contributed by atoms with Crippen LogP contribution in [0, 0.1) is 6.92 Å². The Kier molecular flexibility index (Phi) is 5.75. The number of nitrogens with two attached hydrogens (primary N) is 1. The van der Waals surface area contributed by atoms with Crippen LogP contribution >= 0.6 is 0 Å². The van der Waals surface area contributed by atoms with Gasteiger partial charge in [-0.1, -0.05) is 6.07 Å². The average Bonchev–Trinajstić information content (AvgIpc) is 2.97. The van der Waals surface area contributed by atoms with Crippen molar-refractivity contribution in [1.82, 2.24) is 9.62 Å². The van der Waals surface area contributed by atoms with Gasteiger partial charge in [0.25, 0.3) is 0 Å². The zero-order valence-corrected chi connectivity index (χ0v) is 13.5. The van der Waals surface area contributed by atoms with E-state index in [9.17, 15) is 8.42 Å². The van der Waals surface area contributed by atoms with Crippen molar-refractivity contribution in [2.24, 2.45) is 5.73 Å². The summed E-state index contributed by atoms with van der Waals surface area (Å²) in [5.74, 6) is 0. The summed E-state index contributed by atoms with van der Waals surface area (Å²) in [6.45, 7) is 6.01. The Labute approximate surface area is 127 Å². The summed E-state index contributed by atoms with van der Waals surface area (Å²) >= 11 is 0.